The van der Waals surface area contributed by atoms with E-state index in [1.165, 1.54) is 0 Å². The van der Waals surface area contributed by atoms with E-state index in [1.54, 1.807) is 6.07 Å². The van der Waals surface area contributed by atoms with E-state index in [9.17, 15) is 4.79 Å². The number of carbonyl (C=O) groups is 1. The van der Waals surface area contributed by atoms with Crippen LogP contribution in [0.2, 0.25) is 0 Å². The number of nitrogens with zero attached hydrogens (tertiary/aromatic N) is 2. The Morgan fingerprint density at radius 1 is 1.48 bits per heavy atom. The van der Waals surface area contributed by atoms with Gasteiger partial charge in [-0.15, -0.1) is 0 Å². The lowest BCUT2D eigenvalue weighted by Crippen LogP contribution is -2.48. The fourth-order valence-electron chi connectivity index (χ4n) is 2.79. The van der Waals surface area contributed by atoms with Crippen molar-refractivity contribution in [3.8, 4) is 0 Å². The lowest BCUT2D eigenvalue weighted by atomic mass is 10.1. The zero-order valence-electron chi connectivity index (χ0n) is 12.1. The number of benzene rings is 1. The number of hydrogen-bond donors (Lipinski definition) is 1. The molecule has 3 rings (SSSR count). The molecule has 1 amide bonds. The Kier molecular flexibility index (Phi) is 3.75. The quantitative estimate of drug-likeness (QED) is 0.917. The molecular weight excluding hydrogens is 266 g/mol. The first-order valence-corrected chi connectivity index (χ1v) is 7.24. The van der Waals surface area contributed by atoms with Crippen molar-refractivity contribution in [1.29, 1.82) is 0 Å². The maximum atomic E-state index is 12.9. The van der Waals surface area contributed by atoms with Crippen LogP contribution < -0.4 is 5.73 Å². The summed E-state index contributed by atoms with van der Waals surface area (Å²) < 4.78 is 5.47. The van der Waals surface area contributed by atoms with Gasteiger partial charge in [0.25, 0.3) is 5.91 Å². The molecule has 0 saturated carbocycles. The first kappa shape index (κ1) is 13.8. The van der Waals surface area contributed by atoms with Gasteiger partial charge in [-0.05, 0) is 18.6 Å². The monoisotopic (exact) mass is 285 g/mol. The summed E-state index contributed by atoms with van der Waals surface area (Å²) in [6, 6.07) is 9.39. The number of nitrogen functional groups attached to an aromatic ring is 1. The second-order valence-electron chi connectivity index (χ2n) is 5.25. The molecule has 1 aliphatic heterocycles. The van der Waals surface area contributed by atoms with Gasteiger partial charge in [-0.2, -0.15) is 0 Å². The molecule has 110 valence electrons. The summed E-state index contributed by atoms with van der Waals surface area (Å²) in [6.07, 6.45) is 0.879. The number of ether oxygens (including phenoxy) is 1. The van der Waals surface area contributed by atoms with Crippen LogP contribution in [-0.2, 0) is 4.74 Å². The van der Waals surface area contributed by atoms with Gasteiger partial charge in [0.2, 0.25) is 0 Å². The highest BCUT2D eigenvalue weighted by molar-refractivity contribution is 6.07. The number of anilines is 1. The molecule has 5 heteroatoms. The molecule has 0 spiro atoms. The lowest BCUT2D eigenvalue weighted by molar-refractivity contribution is -0.00269. The van der Waals surface area contributed by atoms with Crippen LogP contribution in [0.4, 0.5) is 5.82 Å². The van der Waals surface area contributed by atoms with Gasteiger partial charge in [-0.25, -0.2) is 4.98 Å². The highest BCUT2D eigenvalue weighted by Crippen LogP contribution is 2.23. The molecule has 0 bridgehead atoms. The Hall–Kier alpha value is -2.14. The minimum absolute atomic E-state index is 0.00968. The molecule has 1 saturated heterocycles. The van der Waals surface area contributed by atoms with E-state index in [1.807, 2.05) is 29.2 Å². The third-order valence-corrected chi connectivity index (χ3v) is 3.93. The third-order valence-electron chi connectivity index (χ3n) is 3.93. The maximum Gasteiger partial charge on any atom is 0.255 e. The Morgan fingerprint density at radius 3 is 3.10 bits per heavy atom. The van der Waals surface area contributed by atoms with E-state index in [-0.39, 0.29) is 11.9 Å². The molecule has 1 unspecified atom stereocenters. The summed E-state index contributed by atoms with van der Waals surface area (Å²) in [5, 5.41) is 0.845. The molecule has 2 aromatic rings. The van der Waals surface area contributed by atoms with Gasteiger partial charge in [-0.3, -0.25) is 4.79 Å². The van der Waals surface area contributed by atoms with Crippen LogP contribution in [0.15, 0.2) is 30.3 Å². The number of para-hydroxylation sites is 1. The molecular formula is C16H19N3O2. The predicted molar refractivity (Wildman–Crippen MR) is 82.1 cm³/mol. The summed E-state index contributed by atoms with van der Waals surface area (Å²) in [7, 11) is 0. The molecule has 1 atom stereocenters. The number of fused-ring (bicyclic) bond motifs is 1. The van der Waals surface area contributed by atoms with Crippen molar-refractivity contribution in [3.63, 3.8) is 0 Å². The number of carbonyl (C=O) groups excluding carboxylic acids is 1. The molecule has 21 heavy (non-hydrogen) atoms. The average molecular weight is 285 g/mol. The van der Waals surface area contributed by atoms with Crippen molar-refractivity contribution in [2.75, 3.05) is 25.5 Å². The topological polar surface area (TPSA) is 68.5 Å². The largest absolute Gasteiger partial charge is 0.384 e. The van der Waals surface area contributed by atoms with Gasteiger partial charge < -0.3 is 15.4 Å². The zero-order valence-corrected chi connectivity index (χ0v) is 12.1. The van der Waals surface area contributed by atoms with Gasteiger partial charge in [-0.1, -0.05) is 25.1 Å². The first-order chi connectivity index (χ1) is 10.2. The fourth-order valence-corrected chi connectivity index (χ4v) is 2.79. The van der Waals surface area contributed by atoms with Gasteiger partial charge in [0.05, 0.1) is 30.3 Å². The predicted octanol–water partition coefficient (Wildman–Crippen LogP) is 2.07. The third kappa shape index (κ3) is 2.56. The summed E-state index contributed by atoms with van der Waals surface area (Å²) in [5.41, 5.74) is 7.23. The molecule has 0 radical (unpaired) electrons. The average Bonchev–Trinajstić information content (AvgIpc) is 2.53. The number of amides is 1. The van der Waals surface area contributed by atoms with Gasteiger partial charge >= 0.3 is 0 Å². The minimum atomic E-state index is 0.00968. The van der Waals surface area contributed by atoms with E-state index in [2.05, 4.69) is 11.9 Å². The number of nitrogens with two attached hydrogens (primary N) is 1. The molecule has 2 heterocycles. The molecule has 1 fully saturated rings. The second-order valence-corrected chi connectivity index (χ2v) is 5.25. The molecule has 1 aliphatic rings. The first-order valence-electron chi connectivity index (χ1n) is 7.24. The molecule has 2 N–H and O–H groups in total. The van der Waals surface area contributed by atoms with Crippen molar-refractivity contribution in [2.45, 2.75) is 19.4 Å². The fraction of sp³-hybridized carbons (Fsp3) is 0.375. The minimum Gasteiger partial charge on any atom is -0.384 e. The van der Waals surface area contributed by atoms with E-state index < -0.39 is 0 Å². The lowest BCUT2D eigenvalue weighted by Gasteiger charge is -2.35. The smallest absolute Gasteiger partial charge is 0.255 e. The summed E-state index contributed by atoms with van der Waals surface area (Å²) in [4.78, 5) is 19.1. The summed E-state index contributed by atoms with van der Waals surface area (Å²) >= 11 is 0. The van der Waals surface area contributed by atoms with Crippen molar-refractivity contribution < 1.29 is 9.53 Å². The number of morpholine rings is 1. The molecule has 1 aromatic carbocycles. The van der Waals surface area contributed by atoms with Crippen molar-refractivity contribution in [1.82, 2.24) is 9.88 Å². The molecule has 0 aliphatic carbocycles. The van der Waals surface area contributed by atoms with Crippen molar-refractivity contribution in [2.24, 2.45) is 0 Å². The van der Waals surface area contributed by atoms with E-state index in [0.717, 1.165) is 17.3 Å². The number of aromatic nitrogens is 1. The standard InChI is InChI=1S/C16H19N3O2/c1-2-11-10-21-8-7-19(11)16(20)13-9-15(17)18-14-6-4-3-5-12(13)14/h3-6,9,11H,2,7-8,10H2,1H3,(H2,17,18). The zero-order chi connectivity index (χ0) is 14.8. The van der Waals surface area contributed by atoms with Gasteiger partial charge in [0.15, 0.2) is 0 Å². The van der Waals surface area contributed by atoms with Crippen LogP contribution in [0.5, 0.6) is 0 Å². The van der Waals surface area contributed by atoms with Crippen LogP contribution in [0, 0.1) is 0 Å². The van der Waals surface area contributed by atoms with Crippen molar-refractivity contribution in [3.05, 3.63) is 35.9 Å². The van der Waals surface area contributed by atoms with Gasteiger partial charge in [0.1, 0.15) is 5.82 Å². The highest BCUT2D eigenvalue weighted by atomic mass is 16.5. The summed E-state index contributed by atoms with van der Waals surface area (Å²) in [6.45, 7) is 3.87. The highest BCUT2D eigenvalue weighted by Gasteiger charge is 2.28. The number of pyridine rings is 1. The molecule has 5 nitrogen and oxygen atoms in total. The van der Waals surface area contributed by atoms with Crippen LogP contribution >= 0.6 is 0 Å². The van der Waals surface area contributed by atoms with Crippen LogP contribution in [0.1, 0.15) is 23.7 Å². The van der Waals surface area contributed by atoms with Crippen LogP contribution in [0.3, 0.4) is 0 Å². The van der Waals surface area contributed by atoms with Gasteiger partial charge in [0, 0.05) is 11.9 Å². The Morgan fingerprint density at radius 2 is 2.29 bits per heavy atom. The van der Waals surface area contributed by atoms with E-state index >= 15 is 0 Å². The normalized spacial score (nSPS) is 18.9. The number of rotatable bonds is 2. The van der Waals surface area contributed by atoms with Crippen LogP contribution in [-0.4, -0.2) is 41.6 Å². The number of hydrogen-bond acceptors (Lipinski definition) is 4. The van der Waals surface area contributed by atoms with Crippen molar-refractivity contribution >= 4 is 22.6 Å². The Labute approximate surface area is 123 Å². The Bertz CT molecular complexity index is 672. The second kappa shape index (κ2) is 5.69. The Balaban J connectivity index is 2.04. The van der Waals surface area contributed by atoms with Crippen LogP contribution in [0.25, 0.3) is 10.9 Å². The van der Waals surface area contributed by atoms with E-state index in [0.29, 0.717) is 31.1 Å². The van der Waals surface area contributed by atoms with E-state index in [4.69, 9.17) is 10.5 Å². The molecule has 1 aromatic heterocycles. The maximum absolute atomic E-state index is 12.9. The summed E-state index contributed by atoms with van der Waals surface area (Å²) in [5.74, 6) is 0.383. The SMILES string of the molecule is CCC1COCCN1C(=O)c1cc(N)nc2ccccc12.